The van der Waals surface area contributed by atoms with E-state index in [1.807, 2.05) is 18.2 Å². The molecule has 0 radical (unpaired) electrons. The highest BCUT2D eigenvalue weighted by Crippen LogP contribution is 2.39. The van der Waals surface area contributed by atoms with Crippen molar-refractivity contribution in [3.63, 3.8) is 0 Å². The molecule has 32 heavy (non-hydrogen) atoms. The molecule has 0 spiro atoms. The van der Waals surface area contributed by atoms with Crippen LogP contribution in [-0.4, -0.2) is 5.26 Å². The average molecular weight is 439 g/mol. The summed E-state index contributed by atoms with van der Waals surface area (Å²) in [5.41, 5.74) is 3.61. The zero-order valence-electron chi connectivity index (χ0n) is 19.7. The summed E-state index contributed by atoms with van der Waals surface area (Å²) in [6, 6.07) is 13.7. The van der Waals surface area contributed by atoms with Crippen molar-refractivity contribution in [2.45, 2.75) is 96.0 Å². The molecule has 1 atom stereocenters. The van der Waals surface area contributed by atoms with Crippen LogP contribution in [0.2, 0.25) is 0 Å². The third-order valence-corrected chi connectivity index (χ3v) is 8.15. The van der Waals surface area contributed by atoms with Gasteiger partial charge in [-0.05, 0) is 85.0 Å². The molecule has 2 nitrogen and oxygen atoms in total. The highest BCUT2D eigenvalue weighted by atomic mass is 19.1. The second-order valence-corrected chi connectivity index (χ2v) is 10.4. The molecular weight excluding hydrogens is 399 g/mol. The standard InChI is InChI=1S/C29H39FO2/c1-3-4-21-7-11-24(12-8-21)26-17-18-27(28(30)19-26)29(32-31)25-15-13-23(14-16-25)22-9-5-20(2)6-10-22/h13-22,24,29,31H,3-12H2,1-2H3. The van der Waals surface area contributed by atoms with Gasteiger partial charge in [0.2, 0.25) is 0 Å². The predicted octanol–water partition coefficient (Wildman–Crippen LogP) is 8.77. The van der Waals surface area contributed by atoms with Gasteiger partial charge < -0.3 is 0 Å². The molecule has 0 heterocycles. The molecular formula is C29H39FO2. The van der Waals surface area contributed by atoms with Crippen molar-refractivity contribution >= 4 is 0 Å². The first kappa shape index (κ1) is 23.4. The smallest absolute Gasteiger partial charge is 0.146 e. The summed E-state index contributed by atoms with van der Waals surface area (Å²) in [5, 5.41) is 9.64. The van der Waals surface area contributed by atoms with Crippen LogP contribution in [-0.2, 0) is 4.89 Å². The number of benzene rings is 2. The Morgan fingerprint density at radius 2 is 1.47 bits per heavy atom. The van der Waals surface area contributed by atoms with Gasteiger partial charge in [-0.1, -0.05) is 75.9 Å². The minimum atomic E-state index is -0.801. The number of hydrogen-bond donors (Lipinski definition) is 1. The monoisotopic (exact) mass is 438 g/mol. The van der Waals surface area contributed by atoms with E-state index in [0.29, 0.717) is 17.4 Å². The first-order valence-corrected chi connectivity index (χ1v) is 12.8. The van der Waals surface area contributed by atoms with Crippen LogP contribution in [0.25, 0.3) is 0 Å². The van der Waals surface area contributed by atoms with Crippen molar-refractivity contribution in [2.24, 2.45) is 11.8 Å². The van der Waals surface area contributed by atoms with E-state index in [1.54, 1.807) is 12.1 Å². The maximum absolute atomic E-state index is 15.1. The van der Waals surface area contributed by atoms with Crippen LogP contribution in [0, 0.1) is 17.7 Å². The SMILES string of the molecule is CCCC1CCC(c2ccc(C(OO)c3ccc(C4CCC(C)CC4)cc3)c(F)c2)CC1. The van der Waals surface area contributed by atoms with Gasteiger partial charge in [-0.2, -0.15) is 0 Å². The average Bonchev–Trinajstić information content (AvgIpc) is 2.82. The third-order valence-electron chi connectivity index (χ3n) is 8.15. The van der Waals surface area contributed by atoms with Crippen LogP contribution in [0.5, 0.6) is 0 Å². The van der Waals surface area contributed by atoms with Gasteiger partial charge in [0.25, 0.3) is 0 Å². The van der Waals surface area contributed by atoms with Crippen LogP contribution >= 0.6 is 0 Å². The lowest BCUT2D eigenvalue weighted by Gasteiger charge is -2.29. The molecule has 2 fully saturated rings. The summed E-state index contributed by atoms with van der Waals surface area (Å²) < 4.78 is 15.1. The van der Waals surface area contributed by atoms with Crippen molar-refractivity contribution in [1.82, 2.24) is 0 Å². The first-order chi connectivity index (χ1) is 15.6. The zero-order chi connectivity index (χ0) is 22.5. The molecule has 0 saturated heterocycles. The van der Waals surface area contributed by atoms with E-state index >= 15 is 4.39 Å². The van der Waals surface area contributed by atoms with Gasteiger partial charge in [-0.15, -0.1) is 0 Å². The molecule has 174 valence electrons. The van der Waals surface area contributed by atoms with E-state index in [9.17, 15) is 5.26 Å². The molecule has 0 amide bonds. The maximum Gasteiger partial charge on any atom is 0.146 e. The topological polar surface area (TPSA) is 29.5 Å². The Morgan fingerprint density at radius 1 is 0.875 bits per heavy atom. The number of hydrogen-bond acceptors (Lipinski definition) is 2. The first-order valence-electron chi connectivity index (χ1n) is 12.8. The van der Waals surface area contributed by atoms with Crippen LogP contribution in [0.3, 0.4) is 0 Å². The van der Waals surface area contributed by atoms with Gasteiger partial charge >= 0.3 is 0 Å². The second kappa shape index (κ2) is 10.9. The van der Waals surface area contributed by atoms with E-state index in [2.05, 4.69) is 26.0 Å². The Balaban J connectivity index is 1.45. The summed E-state index contributed by atoms with van der Waals surface area (Å²) >= 11 is 0. The summed E-state index contributed by atoms with van der Waals surface area (Å²) in [5.74, 6) is 2.43. The van der Waals surface area contributed by atoms with Gasteiger partial charge in [-0.3, -0.25) is 5.26 Å². The van der Waals surface area contributed by atoms with Gasteiger partial charge in [0.15, 0.2) is 0 Å². The normalized spacial score (nSPS) is 27.2. The van der Waals surface area contributed by atoms with Crippen molar-refractivity contribution in [3.8, 4) is 0 Å². The lowest BCUT2D eigenvalue weighted by Crippen LogP contribution is -2.14. The minimum Gasteiger partial charge on any atom is -0.251 e. The van der Waals surface area contributed by atoms with Gasteiger partial charge in [0, 0.05) is 5.56 Å². The molecule has 2 saturated carbocycles. The van der Waals surface area contributed by atoms with Crippen LogP contribution in [0.4, 0.5) is 4.39 Å². The lowest BCUT2D eigenvalue weighted by atomic mass is 9.77. The van der Waals surface area contributed by atoms with Gasteiger partial charge in [0.05, 0.1) is 0 Å². The van der Waals surface area contributed by atoms with Crippen LogP contribution in [0.1, 0.15) is 118 Å². The molecule has 0 aromatic heterocycles. The maximum atomic E-state index is 15.1. The van der Waals surface area contributed by atoms with E-state index in [4.69, 9.17) is 4.89 Å². The largest absolute Gasteiger partial charge is 0.251 e. The Kier molecular flexibility index (Phi) is 8.02. The summed E-state index contributed by atoms with van der Waals surface area (Å²) in [6.45, 7) is 4.59. The molecule has 0 bridgehead atoms. The van der Waals surface area contributed by atoms with Gasteiger partial charge in [-0.25, -0.2) is 9.28 Å². The van der Waals surface area contributed by atoms with Crippen molar-refractivity contribution < 1.29 is 14.5 Å². The van der Waals surface area contributed by atoms with Crippen molar-refractivity contribution in [2.75, 3.05) is 0 Å². The van der Waals surface area contributed by atoms with Crippen LogP contribution in [0.15, 0.2) is 42.5 Å². The molecule has 0 aliphatic heterocycles. The lowest BCUT2D eigenvalue weighted by molar-refractivity contribution is -0.271. The third kappa shape index (κ3) is 5.43. The summed E-state index contributed by atoms with van der Waals surface area (Å²) in [4.78, 5) is 4.79. The predicted molar refractivity (Wildman–Crippen MR) is 128 cm³/mol. The summed E-state index contributed by atoms with van der Waals surface area (Å²) in [7, 11) is 0. The molecule has 2 aliphatic rings. The quantitative estimate of drug-likeness (QED) is 0.346. The fraction of sp³-hybridized carbons (Fsp3) is 0.586. The Labute approximate surface area is 193 Å². The molecule has 4 rings (SSSR count). The van der Waals surface area contributed by atoms with Crippen LogP contribution < -0.4 is 0 Å². The number of halogens is 1. The summed E-state index contributed by atoms with van der Waals surface area (Å²) in [6.07, 6.45) is 11.6. The zero-order valence-corrected chi connectivity index (χ0v) is 19.7. The molecule has 2 aliphatic carbocycles. The van der Waals surface area contributed by atoms with E-state index in [1.165, 1.54) is 56.9 Å². The highest BCUT2D eigenvalue weighted by Gasteiger charge is 2.25. The Hall–Kier alpha value is -1.71. The van der Waals surface area contributed by atoms with E-state index < -0.39 is 6.10 Å². The molecule has 3 heteroatoms. The fourth-order valence-corrected chi connectivity index (χ4v) is 6.04. The molecule has 1 N–H and O–H groups in total. The fourth-order valence-electron chi connectivity index (χ4n) is 6.04. The van der Waals surface area contributed by atoms with E-state index in [0.717, 1.165) is 35.8 Å². The van der Waals surface area contributed by atoms with Crippen molar-refractivity contribution in [3.05, 3.63) is 70.5 Å². The molecule has 2 aromatic rings. The molecule has 2 aromatic carbocycles. The molecule has 1 unspecified atom stereocenters. The van der Waals surface area contributed by atoms with Crippen molar-refractivity contribution in [1.29, 1.82) is 0 Å². The Bertz CT molecular complexity index is 846. The highest BCUT2D eigenvalue weighted by molar-refractivity contribution is 5.36. The minimum absolute atomic E-state index is 0.289. The second-order valence-electron chi connectivity index (χ2n) is 10.4. The Morgan fingerprint density at radius 3 is 2.06 bits per heavy atom. The number of rotatable bonds is 7. The van der Waals surface area contributed by atoms with Gasteiger partial charge in [0.1, 0.15) is 11.9 Å². The van der Waals surface area contributed by atoms with E-state index in [-0.39, 0.29) is 5.82 Å².